The summed E-state index contributed by atoms with van der Waals surface area (Å²) in [7, 11) is 3.83. The lowest BCUT2D eigenvalue weighted by atomic mass is 10.1. The fourth-order valence-electron chi connectivity index (χ4n) is 2.85. The maximum atomic E-state index is 13.3. The lowest BCUT2D eigenvalue weighted by Crippen LogP contribution is -2.14. The molecular formula is C20H19F2N7O2S. The maximum Gasteiger partial charge on any atom is 0.287 e. The average molecular weight is 459 g/mol. The van der Waals surface area contributed by atoms with E-state index in [9.17, 15) is 13.6 Å². The first-order chi connectivity index (χ1) is 15.2. The van der Waals surface area contributed by atoms with Crippen molar-refractivity contribution >= 4 is 28.7 Å². The number of carbonyl (C=O) groups excluding carboxylic acids is 1. The van der Waals surface area contributed by atoms with E-state index >= 15 is 0 Å². The quantitative estimate of drug-likeness (QED) is 0.448. The monoisotopic (exact) mass is 459 g/mol. The van der Waals surface area contributed by atoms with Crippen LogP contribution in [0.1, 0.15) is 28.1 Å². The van der Waals surface area contributed by atoms with E-state index in [2.05, 4.69) is 25.5 Å². The molecule has 12 heteroatoms. The normalized spacial score (nSPS) is 11.5. The van der Waals surface area contributed by atoms with Crippen LogP contribution in [-0.2, 0) is 12.5 Å². The number of anilines is 2. The first kappa shape index (κ1) is 21.6. The minimum absolute atomic E-state index is 0.100. The molecule has 0 saturated carbocycles. The summed E-state index contributed by atoms with van der Waals surface area (Å²) in [6.07, 6.45) is 2.56. The van der Waals surface area contributed by atoms with E-state index in [1.807, 2.05) is 43.3 Å². The van der Waals surface area contributed by atoms with Crippen LogP contribution in [0.3, 0.4) is 0 Å². The Bertz CT molecular complexity index is 1240. The molecule has 1 N–H and O–H groups in total. The highest BCUT2D eigenvalue weighted by Gasteiger charge is 2.27. The molecule has 0 saturated heterocycles. The molecule has 4 rings (SSSR count). The number of thiazole rings is 1. The molecule has 0 atom stereocenters. The number of hydrogen-bond acceptors (Lipinski definition) is 8. The molecule has 4 aromatic rings. The minimum Gasteiger partial charge on any atom is -0.443 e. The van der Waals surface area contributed by atoms with Crippen LogP contribution in [0.4, 0.5) is 20.3 Å². The van der Waals surface area contributed by atoms with Gasteiger partial charge in [-0.2, -0.15) is 18.7 Å². The van der Waals surface area contributed by atoms with E-state index in [0.717, 1.165) is 23.9 Å². The summed E-state index contributed by atoms with van der Waals surface area (Å²) in [5.41, 5.74) is 1.45. The molecular weight excluding hydrogens is 440 g/mol. The second kappa shape index (κ2) is 8.46. The minimum atomic E-state index is -3.01. The lowest BCUT2D eigenvalue weighted by Gasteiger charge is -2.13. The summed E-state index contributed by atoms with van der Waals surface area (Å²) in [4.78, 5) is 23.9. The van der Waals surface area contributed by atoms with Crippen LogP contribution in [0.25, 0.3) is 11.3 Å². The van der Waals surface area contributed by atoms with Crippen LogP contribution in [0, 0.1) is 0 Å². The van der Waals surface area contributed by atoms with Crippen molar-refractivity contribution in [2.24, 2.45) is 0 Å². The number of amides is 1. The van der Waals surface area contributed by atoms with Gasteiger partial charge in [-0.05, 0) is 12.1 Å². The topological polar surface area (TPSA) is 102 Å². The molecule has 1 aromatic carbocycles. The third-order valence-electron chi connectivity index (χ3n) is 4.46. The molecule has 3 heterocycles. The van der Waals surface area contributed by atoms with E-state index in [-0.39, 0.29) is 23.8 Å². The molecule has 0 aliphatic carbocycles. The van der Waals surface area contributed by atoms with Gasteiger partial charge in [-0.3, -0.25) is 4.79 Å². The summed E-state index contributed by atoms with van der Waals surface area (Å²) in [6.45, 7) is 0.893. The van der Waals surface area contributed by atoms with Gasteiger partial charge in [0.15, 0.2) is 23.7 Å². The van der Waals surface area contributed by atoms with Crippen molar-refractivity contribution in [2.75, 3.05) is 24.3 Å². The highest BCUT2D eigenvalue weighted by molar-refractivity contribution is 7.09. The molecule has 1 amide bonds. The Labute approximate surface area is 185 Å². The standard InChI is InChI=1S/C20H19F2N7O2S/c1-20(21,22)14-10-32-16(25-14)9-29-24-8-15(27-29)26-19(30)17-18(31-11-23-17)12-5-4-6-13(7-12)28(2)3/h4-8,10-11H,9H2,1-3H3,(H,26,27,30). The Morgan fingerprint density at radius 1 is 1.34 bits per heavy atom. The van der Waals surface area contributed by atoms with Gasteiger partial charge in [0.1, 0.15) is 17.2 Å². The van der Waals surface area contributed by atoms with E-state index in [0.29, 0.717) is 16.3 Å². The van der Waals surface area contributed by atoms with Gasteiger partial charge in [0.25, 0.3) is 11.8 Å². The number of carbonyl (C=O) groups is 1. The molecule has 0 bridgehead atoms. The zero-order chi connectivity index (χ0) is 22.9. The summed E-state index contributed by atoms with van der Waals surface area (Å²) in [5.74, 6) is -3.01. The first-order valence-electron chi connectivity index (χ1n) is 9.46. The Balaban J connectivity index is 1.47. The van der Waals surface area contributed by atoms with E-state index in [4.69, 9.17) is 4.42 Å². The molecule has 0 unspecified atom stereocenters. The van der Waals surface area contributed by atoms with E-state index in [1.54, 1.807) is 0 Å². The van der Waals surface area contributed by atoms with Gasteiger partial charge < -0.3 is 14.6 Å². The number of aromatic nitrogens is 5. The SMILES string of the molecule is CN(C)c1cccc(-c2ocnc2C(=O)Nc2cnn(Cc3nc(C(C)(F)F)cs3)n2)c1. The fourth-order valence-corrected chi connectivity index (χ4v) is 3.70. The number of rotatable bonds is 7. The van der Waals surface area contributed by atoms with Crippen LogP contribution >= 0.6 is 11.3 Å². The van der Waals surface area contributed by atoms with Crippen LogP contribution in [0.15, 0.2) is 46.7 Å². The molecule has 3 aromatic heterocycles. The number of hydrogen-bond donors (Lipinski definition) is 1. The van der Waals surface area contributed by atoms with Crippen molar-refractivity contribution in [2.45, 2.75) is 19.4 Å². The smallest absolute Gasteiger partial charge is 0.287 e. The molecule has 0 fully saturated rings. The molecule has 0 aliphatic rings. The van der Waals surface area contributed by atoms with Crippen molar-refractivity contribution in [3.05, 3.63) is 58.6 Å². The van der Waals surface area contributed by atoms with Crippen molar-refractivity contribution in [3.63, 3.8) is 0 Å². The Morgan fingerprint density at radius 3 is 2.88 bits per heavy atom. The third kappa shape index (κ3) is 4.64. The van der Waals surface area contributed by atoms with Crippen LogP contribution in [0.5, 0.6) is 0 Å². The Morgan fingerprint density at radius 2 is 2.16 bits per heavy atom. The number of oxazole rings is 1. The highest BCUT2D eigenvalue weighted by atomic mass is 32.1. The summed E-state index contributed by atoms with van der Waals surface area (Å²) < 4.78 is 32.2. The van der Waals surface area contributed by atoms with Gasteiger partial charge in [-0.1, -0.05) is 12.1 Å². The molecule has 32 heavy (non-hydrogen) atoms. The number of benzene rings is 1. The van der Waals surface area contributed by atoms with Crippen molar-refractivity contribution in [3.8, 4) is 11.3 Å². The van der Waals surface area contributed by atoms with Gasteiger partial charge in [0, 0.05) is 37.6 Å². The molecule has 0 spiro atoms. The number of alkyl halides is 2. The predicted molar refractivity (Wildman–Crippen MR) is 115 cm³/mol. The molecule has 9 nitrogen and oxygen atoms in total. The zero-order valence-electron chi connectivity index (χ0n) is 17.4. The second-order valence-corrected chi connectivity index (χ2v) is 8.15. The first-order valence-corrected chi connectivity index (χ1v) is 10.3. The van der Waals surface area contributed by atoms with Gasteiger partial charge in [-0.15, -0.1) is 16.4 Å². The zero-order valence-corrected chi connectivity index (χ0v) is 18.2. The highest BCUT2D eigenvalue weighted by Crippen LogP contribution is 2.29. The van der Waals surface area contributed by atoms with Crippen molar-refractivity contribution < 1.29 is 18.0 Å². The van der Waals surface area contributed by atoms with Crippen LogP contribution < -0.4 is 10.2 Å². The average Bonchev–Trinajstić information content (AvgIpc) is 3.48. The summed E-state index contributed by atoms with van der Waals surface area (Å²) in [5, 5.41) is 12.6. The second-order valence-electron chi connectivity index (χ2n) is 7.20. The van der Waals surface area contributed by atoms with Crippen molar-refractivity contribution in [1.29, 1.82) is 0 Å². The summed E-state index contributed by atoms with van der Waals surface area (Å²) in [6, 6.07) is 7.50. The molecule has 166 valence electrons. The number of nitrogens with zero attached hydrogens (tertiary/aromatic N) is 6. The van der Waals surface area contributed by atoms with Gasteiger partial charge in [-0.25, -0.2) is 9.97 Å². The number of halogens is 2. The number of nitrogens with one attached hydrogen (secondary N) is 1. The molecule has 0 aliphatic heterocycles. The van der Waals surface area contributed by atoms with Crippen LogP contribution in [0.2, 0.25) is 0 Å². The predicted octanol–water partition coefficient (Wildman–Crippen LogP) is 3.87. The maximum absolute atomic E-state index is 13.3. The Kier molecular flexibility index (Phi) is 5.70. The largest absolute Gasteiger partial charge is 0.443 e. The third-order valence-corrected chi connectivity index (χ3v) is 5.30. The fraction of sp³-hybridized carbons (Fsp3) is 0.250. The summed E-state index contributed by atoms with van der Waals surface area (Å²) >= 11 is 1.09. The lowest BCUT2D eigenvalue weighted by molar-refractivity contribution is 0.0132. The molecule has 0 radical (unpaired) electrons. The van der Waals surface area contributed by atoms with Gasteiger partial charge >= 0.3 is 0 Å². The Hall–Kier alpha value is -3.67. The van der Waals surface area contributed by atoms with E-state index in [1.165, 1.54) is 22.8 Å². The van der Waals surface area contributed by atoms with Gasteiger partial charge in [0.2, 0.25) is 0 Å². The van der Waals surface area contributed by atoms with E-state index < -0.39 is 11.8 Å². The van der Waals surface area contributed by atoms with Crippen LogP contribution in [-0.4, -0.2) is 45.0 Å². The van der Waals surface area contributed by atoms with Gasteiger partial charge in [0.05, 0.1) is 6.20 Å². The van der Waals surface area contributed by atoms with Crippen molar-refractivity contribution in [1.82, 2.24) is 25.0 Å².